The number of hydrogen-bond acceptors (Lipinski definition) is 10. The molecule has 0 unspecified atom stereocenters. The van der Waals surface area contributed by atoms with Gasteiger partial charge in [0.1, 0.15) is 11.5 Å². The van der Waals surface area contributed by atoms with Crippen LogP contribution in [0.5, 0.6) is 0 Å². The molecule has 2 amide bonds. The number of nitrogens with two attached hydrogens (primary N) is 1. The standard InChI is InChI=1S/C57H56N8O6/c1-33-52(35(3)70-60-33)40-24-46(56(58)68)54-45-29-43(63(20-22-66)21-23-67)17-19-49(45)65(50(54)26-40)32-39-15-11-10-14-38(39)30-59-57(69)47-25-41(53-34(2)61-71-36(53)4)27-51-55(47)44-28-42(62(5)6)16-18-48(44)64(51)31-37-12-8-7-9-13-37/h7-19,24-29,66-67H,20-23,30-32H2,1-6H3,(H2,58,68)(H,59,69). The van der Waals surface area contributed by atoms with E-state index in [2.05, 4.69) is 72.1 Å². The van der Waals surface area contributed by atoms with Crippen molar-refractivity contribution in [2.45, 2.75) is 47.3 Å². The third kappa shape index (κ3) is 8.44. The Hall–Kier alpha value is -8.20. The van der Waals surface area contributed by atoms with Crippen LogP contribution in [0.4, 0.5) is 11.4 Å². The van der Waals surface area contributed by atoms with E-state index in [1.165, 1.54) is 0 Å². The summed E-state index contributed by atoms with van der Waals surface area (Å²) in [5.41, 5.74) is 20.0. The molecule has 0 aliphatic heterocycles. The minimum absolute atomic E-state index is 0.104. The Morgan fingerprint density at radius 1 is 0.620 bits per heavy atom. The number of carbonyl (C=O) groups is 2. The lowest BCUT2D eigenvalue weighted by atomic mass is 9.97. The molecule has 0 radical (unpaired) electrons. The Bertz CT molecular complexity index is 3630. The third-order valence-corrected chi connectivity index (χ3v) is 13.7. The molecule has 0 bridgehead atoms. The summed E-state index contributed by atoms with van der Waals surface area (Å²) in [4.78, 5) is 32.6. The highest BCUT2D eigenvalue weighted by molar-refractivity contribution is 6.21. The molecule has 0 aliphatic rings. The van der Waals surface area contributed by atoms with Crippen LogP contribution in [0, 0.1) is 27.7 Å². The first-order valence-corrected chi connectivity index (χ1v) is 23.7. The average Bonchev–Trinajstić information content (AvgIpc) is 4.08. The van der Waals surface area contributed by atoms with E-state index in [9.17, 15) is 15.0 Å². The number of rotatable bonds is 16. The highest BCUT2D eigenvalue weighted by atomic mass is 16.5. The SMILES string of the molecule is Cc1noc(C)c1-c1cc(C(N)=O)c2c3cc(N(CCO)CCO)ccc3n(Cc3ccccc3CNC(=O)c3cc(-c4c(C)noc4C)cc4c3c3cc(N(C)C)ccc3n4Cc3ccccc3)c2c1. The number of aliphatic hydroxyl groups is 2. The third-order valence-electron chi connectivity index (χ3n) is 13.7. The fraction of sp³-hybridized carbons (Fsp3) is 0.228. The van der Waals surface area contributed by atoms with Gasteiger partial charge in [-0.2, -0.15) is 0 Å². The van der Waals surface area contributed by atoms with Gasteiger partial charge in [0.25, 0.3) is 5.91 Å². The van der Waals surface area contributed by atoms with Crippen molar-refractivity contribution in [3.05, 3.63) is 166 Å². The molecular weight excluding hydrogens is 893 g/mol. The van der Waals surface area contributed by atoms with Crippen molar-refractivity contribution in [3.63, 3.8) is 0 Å². The van der Waals surface area contributed by atoms with Gasteiger partial charge in [0.2, 0.25) is 5.91 Å². The lowest BCUT2D eigenvalue weighted by Gasteiger charge is -2.23. The minimum atomic E-state index is -0.590. The lowest BCUT2D eigenvalue weighted by Crippen LogP contribution is -2.29. The van der Waals surface area contributed by atoms with Crippen LogP contribution >= 0.6 is 0 Å². The summed E-state index contributed by atoms with van der Waals surface area (Å²) in [5.74, 6) is 0.452. The molecule has 360 valence electrons. The Kier molecular flexibility index (Phi) is 12.4. The van der Waals surface area contributed by atoms with E-state index < -0.39 is 5.91 Å². The molecule has 5 N–H and O–H groups in total. The molecule has 4 aromatic heterocycles. The average molecular weight is 949 g/mol. The van der Waals surface area contributed by atoms with Gasteiger partial charge < -0.3 is 49.2 Å². The molecule has 10 rings (SSSR count). The zero-order chi connectivity index (χ0) is 49.7. The van der Waals surface area contributed by atoms with E-state index in [4.69, 9.17) is 14.8 Å². The molecule has 0 saturated heterocycles. The lowest BCUT2D eigenvalue weighted by molar-refractivity contribution is 0.0951. The van der Waals surface area contributed by atoms with E-state index in [0.29, 0.717) is 59.9 Å². The van der Waals surface area contributed by atoms with E-state index in [1.807, 2.05) is 113 Å². The van der Waals surface area contributed by atoms with Crippen molar-refractivity contribution in [2.75, 3.05) is 50.2 Å². The van der Waals surface area contributed by atoms with Crippen molar-refractivity contribution >= 4 is 66.8 Å². The fourth-order valence-corrected chi connectivity index (χ4v) is 10.4. The number of amides is 2. The van der Waals surface area contributed by atoms with Crippen molar-refractivity contribution in [3.8, 4) is 22.3 Å². The summed E-state index contributed by atoms with van der Waals surface area (Å²) in [6, 6.07) is 38.7. The molecule has 0 fully saturated rings. The number of carbonyl (C=O) groups excluding carboxylic acids is 2. The van der Waals surface area contributed by atoms with Crippen molar-refractivity contribution in [1.82, 2.24) is 24.8 Å². The largest absolute Gasteiger partial charge is 0.395 e. The maximum atomic E-state index is 15.2. The number of anilines is 2. The fourth-order valence-electron chi connectivity index (χ4n) is 10.4. The van der Waals surface area contributed by atoms with Crippen molar-refractivity contribution < 1.29 is 28.8 Å². The van der Waals surface area contributed by atoms with E-state index in [-0.39, 0.29) is 25.7 Å². The van der Waals surface area contributed by atoms with Gasteiger partial charge in [0.15, 0.2) is 0 Å². The van der Waals surface area contributed by atoms with E-state index >= 15 is 4.79 Å². The zero-order valence-corrected chi connectivity index (χ0v) is 40.7. The maximum absolute atomic E-state index is 15.2. The van der Waals surface area contributed by atoms with Crippen LogP contribution in [0.3, 0.4) is 0 Å². The molecule has 6 aromatic carbocycles. The second-order valence-corrected chi connectivity index (χ2v) is 18.4. The Morgan fingerprint density at radius 3 is 1.69 bits per heavy atom. The first-order valence-electron chi connectivity index (χ1n) is 23.7. The topological polar surface area (TPSA) is 181 Å². The molecule has 0 spiro atoms. The normalized spacial score (nSPS) is 11.7. The molecule has 4 heterocycles. The minimum Gasteiger partial charge on any atom is -0.395 e. The second kappa shape index (κ2) is 18.9. The summed E-state index contributed by atoms with van der Waals surface area (Å²) < 4.78 is 15.7. The summed E-state index contributed by atoms with van der Waals surface area (Å²) in [6.45, 7) is 9.11. The number of nitrogens with zero attached hydrogens (tertiary/aromatic N) is 6. The van der Waals surface area contributed by atoms with Gasteiger partial charge in [0.05, 0.1) is 35.6 Å². The van der Waals surface area contributed by atoms with Gasteiger partial charge in [-0.15, -0.1) is 0 Å². The van der Waals surface area contributed by atoms with Gasteiger partial charge in [-0.25, -0.2) is 0 Å². The maximum Gasteiger partial charge on any atom is 0.252 e. The van der Waals surface area contributed by atoms with Gasteiger partial charge in [0, 0.05) is 113 Å². The number of hydrogen-bond donors (Lipinski definition) is 4. The smallest absolute Gasteiger partial charge is 0.252 e. The van der Waals surface area contributed by atoms with Gasteiger partial charge in [-0.1, -0.05) is 64.9 Å². The van der Waals surface area contributed by atoms with Crippen LogP contribution in [-0.2, 0) is 19.6 Å². The van der Waals surface area contributed by atoms with Crippen molar-refractivity contribution in [1.29, 1.82) is 0 Å². The first-order chi connectivity index (χ1) is 34.3. The molecule has 71 heavy (non-hydrogen) atoms. The highest BCUT2D eigenvalue weighted by Gasteiger charge is 2.26. The number of aliphatic hydroxyl groups excluding tert-OH is 2. The van der Waals surface area contributed by atoms with Crippen LogP contribution in [-0.4, -0.2) is 81.9 Å². The predicted molar refractivity (Wildman–Crippen MR) is 280 cm³/mol. The number of aryl methyl sites for hydroxylation is 4. The highest BCUT2D eigenvalue weighted by Crippen LogP contribution is 2.41. The monoisotopic (exact) mass is 948 g/mol. The second-order valence-electron chi connectivity index (χ2n) is 18.4. The first kappa shape index (κ1) is 46.5. The molecule has 0 saturated carbocycles. The number of aromatic nitrogens is 4. The zero-order valence-electron chi connectivity index (χ0n) is 40.7. The number of benzene rings is 6. The van der Waals surface area contributed by atoms with Gasteiger partial charge >= 0.3 is 0 Å². The molecule has 10 aromatic rings. The van der Waals surface area contributed by atoms with Crippen LogP contribution in [0.2, 0.25) is 0 Å². The Balaban J connectivity index is 1.10. The van der Waals surface area contributed by atoms with Crippen LogP contribution < -0.4 is 20.9 Å². The summed E-state index contributed by atoms with van der Waals surface area (Å²) in [6.07, 6.45) is 0. The van der Waals surface area contributed by atoms with E-state index in [1.54, 1.807) is 6.07 Å². The van der Waals surface area contributed by atoms with Crippen LogP contribution in [0.25, 0.3) is 65.9 Å². The summed E-state index contributed by atoms with van der Waals surface area (Å²) in [7, 11) is 4.03. The predicted octanol–water partition coefficient (Wildman–Crippen LogP) is 9.43. The van der Waals surface area contributed by atoms with Crippen molar-refractivity contribution in [2.24, 2.45) is 5.73 Å². The molecule has 14 heteroatoms. The quantitative estimate of drug-likeness (QED) is 0.0729. The summed E-state index contributed by atoms with van der Waals surface area (Å²) in [5, 5.41) is 35.0. The Morgan fingerprint density at radius 2 is 1.14 bits per heavy atom. The van der Waals surface area contributed by atoms with Gasteiger partial charge in [-0.3, -0.25) is 9.59 Å². The molecule has 0 atom stereocenters. The van der Waals surface area contributed by atoms with Crippen LogP contribution in [0.1, 0.15) is 60.3 Å². The summed E-state index contributed by atoms with van der Waals surface area (Å²) >= 11 is 0. The molecule has 0 aliphatic carbocycles. The Labute approximate surface area is 410 Å². The van der Waals surface area contributed by atoms with Gasteiger partial charge in [-0.05, 0) is 116 Å². The molecule has 14 nitrogen and oxygen atoms in total. The number of nitrogens with one attached hydrogen (secondary N) is 1. The number of fused-ring (bicyclic) bond motifs is 6. The molecular formula is C57H56N8O6. The van der Waals surface area contributed by atoms with Crippen LogP contribution in [0.15, 0.2) is 124 Å². The van der Waals surface area contributed by atoms with E-state index in [0.717, 1.165) is 94.2 Å². The number of primary amides is 1.